The highest BCUT2D eigenvalue weighted by Crippen LogP contribution is 2.21. The Morgan fingerprint density at radius 3 is 2.25 bits per heavy atom. The van der Waals surface area contributed by atoms with Crippen LogP contribution in [-0.4, -0.2) is 17.7 Å². The summed E-state index contributed by atoms with van der Waals surface area (Å²) in [5, 5.41) is 0. The van der Waals surface area contributed by atoms with Crippen LogP contribution in [0.2, 0.25) is 0 Å². The summed E-state index contributed by atoms with van der Waals surface area (Å²) in [6.07, 6.45) is -4.84. The first-order valence-electron chi connectivity index (χ1n) is 4.26. The zero-order valence-corrected chi connectivity index (χ0v) is 8.90. The molecule has 0 saturated heterocycles. The van der Waals surface area contributed by atoms with Gasteiger partial charge >= 0.3 is 6.18 Å². The molecule has 1 rings (SSSR count). The summed E-state index contributed by atoms with van der Waals surface area (Å²) in [6.45, 7) is 0. The molecule has 0 saturated carbocycles. The van der Waals surface area contributed by atoms with Gasteiger partial charge in [0.15, 0.2) is 0 Å². The largest absolute Gasteiger partial charge is 0.454 e. The van der Waals surface area contributed by atoms with Crippen molar-refractivity contribution in [2.75, 3.05) is 5.75 Å². The molecule has 0 aliphatic heterocycles. The fraction of sp³-hybridized carbons (Fsp3) is 0.182. The molecule has 1 nitrogen and oxygen atoms in total. The minimum Gasteiger partial charge on any atom is -0.284 e. The number of halogens is 3. The van der Waals surface area contributed by atoms with Gasteiger partial charge in [-0.2, -0.15) is 25.8 Å². The SMILES string of the molecule is O=C(c1ccc(C#CCS)cc1)C(F)(F)F. The molecule has 16 heavy (non-hydrogen) atoms. The second kappa shape index (κ2) is 5.08. The van der Waals surface area contributed by atoms with E-state index in [1.807, 2.05) is 0 Å². The highest BCUT2D eigenvalue weighted by atomic mass is 32.1. The third kappa shape index (κ3) is 3.31. The summed E-state index contributed by atoms with van der Waals surface area (Å²) in [5.41, 5.74) is 0.164. The average molecular weight is 244 g/mol. The van der Waals surface area contributed by atoms with E-state index in [2.05, 4.69) is 24.5 Å². The molecule has 0 bridgehead atoms. The lowest BCUT2D eigenvalue weighted by molar-refractivity contribution is -0.0885. The highest BCUT2D eigenvalue weighted by Gasteiger charge is 2.38. The Labute approximate surface area is 96.1 Å². The highest BCUT2D eigenvalue weighted by molar-refractivity contribution is 7.80. The second-order valence-corrected chi connectivity index (χ2v) is 3.18. The van der Waals surface area contributed by atoms with Crippen molar-refractivity contribution < 1.29 is 18.0 Å². The first-order chi connectivity index (χ1) is 7.45. The van der Waals surface area contributed by atoms with Gasteiger partial charge in [0.2, 0.25) is 0 Å². The molecule has 1 aromatic carbocycles. The quantitative estimate of drug-likeness (QED) is 0.456. The Kier molecular flexibility index (Phi) is 4.02. The number of hydrogen-bond donors (Lipinski definition) is 1. The molecule has 0 aliphatic carbocycles. The van der Waals surface area contributed by atoms with Crippen molar-refractivity contribution >= 4 is 18.4 Å². The van der Waals surface area contributed by atoms with Crippen molar-refractivity contribution in [3.05, 3.63) is 35.4 Å². The van der Waals surface area contributed by atoms with E-state index < -0.39 is 12.0 Å². The van der Waals surface area contributed by atoms with Crippen molar-refractivity contribution in [2.24, 2.45) is 0 Å². The van der Waals surface area contributed by atoms with Crippen LogP contribution < -0.4 is 0 Å². The zero-order chi connectivity index (χ0) is 12.2. The molecular formula is C11H7F3OS. The number of alkyl halides is 3. The van der Waals surface area contributed by atoms with Gasteiger partial charge in [0, 0.05) is 11.1 Å². The van der Waals surface area contributed by atoms with E-state index in [0.29, 0.717) is 11.3 Å². The molecule has 0 aliphatic rings. The Bertz CT molecular complexity index is 437. The molecule has 84 valence electrons. The molecule has 0 atom stereocenters. The van der Waals surface area contributed by atoms with E-state index in [0.717, 1.165) is 12.1 Å². The molecule has 0 fully saturated rings. The molecule has 0 heterocycles. The van der Waals surface area contributed by atoms with E-state index >= 15 is 0 Å². The molecule has 1 aromatic rings. The van der Waals surface area contributed by atoms with E-state index in [4.69, 9.17) is 0 Å². The van der Waals surface area contributed by atoms with Crippen molar-refractivity contribution in [1.82, 2.24) is 0 Å². The molecule has 0 unspecified atom stereocenters. The van der Waals surface area contributed by atoms with E-state index in [1.54, 1.807) is 0 Å². The van der Waals surface area contributed by atoms with E-state index in [9.17, 15) is 18.0 Å². The van der Waals surface area contributed by atoms with Crippen LogP contribution >= 0.6 is 12.6 Å². The van der Waals surface area contributed by atoms with E-state index in [-0.39, 0.29) is 5.56 Å². The van der Waals surface area contributed by atoms with Crippen LogP contribution in [-0.2, 0) is 0 Å². The molecule has 0 spiro atoms. The maximum absolute atomic E-state index is 12.1. The summed E-state index contributed by atoms with van der Waals surface area (Å²) < 4.78 is 36.2. The van der Waals surface area contributed by atoms with Gasteiger partial charge in [-0.25, -0.2) is 0 Å². The number of rotatable bonds is 1. The third-order valence-electron chi connectivity index (χ3n) is 1.72. The monoisotopic (exact) mass is 244 g/mol. The van der Waals surface area contributed by atoms with Gasteiger partial charge in [-0.15, -0.1) is 0 Å². The lowest BCUT2D eigenvalue weighted by atomic mass is 10.1. The number of ketones is 1. The molecule has 0 N–H and O–H groups in total. The van der Waals surface area contributed by atoms with Crippen LogP contribution in [0.15, 0.2) is 24.3 Å². The molecule has 0 radical (unpaired) electrons. The maximum Gasteiger partial charge on any atom is 0.454 e. The Morgan fingerprint density at radius 1 is 1.25 bits per heavy atom. The van der Waals surface area contributed by atoms with Gasteiger partial charge in [0.1, 0.15) is 0 Å². The molecule has 0 aromatic heterocycles. The predicted octanol–water partition coefficient (Wildman–Crippen LogP) is 2.71. The van der Waals surface area contributed by atoms with Gasteiger partial charge in [0.25, 0.3) is 5.78 Å². The first-order valence-corrected chi connectivity index (χ1v) is 4.89. The fourth-order valence-electron chi connectivity index (χ4n) is 1.01. The predicted molar refractivity (Wildman–Crippen MR) is 57.6 cm³/mol. The Hall–Kier alpha value is -1.41. The number of carbonyl (C=O) groups excluding carboxylic acids is 1. The summed E-state index contributed by atoms with van der Waals surface area (Å²) >= 11 is 3.87. The summed E-state index contributed by atoms with van der Waals surface area (Å²) in [6, 6.07) is 4.96. The lowest BCUT2D eigenvalue weighted by Gasteiger charge is -2.04. The van der Waals surface area contributed by atoms with Crippen LogP contribution in [0.5, 0.6) is 0 Å². The number of Topliss-reactive ketones (excluding diaryl/α,β-unsaturated/α-hetero) is 1. The number of hydrogen-bond acceptors (Lipinski definition) is 2. The van der Waals surface area contributed by atoms with Gasteiger partial charge in [-0.1, -0.05) is 11.8 Å². The number of carbonyl (C=O) groups is 1. The Balaban J connectivity index is 2.91. The van der Waals surface area contributed by atoms with Crippen LogP contribution in [0.4, 0.5) is 13.2 Å². The molecule has 5 heteroatoms. The van der Waals surface area contributed by atoms with Gasteiger partial charge in [-0.05, 0) is 24.3 Å². The van der Waals surface area contributed by atoms with Crippen LogP contribution in [0.1, 0.15) is 15.9 Å². The fourth-order valence-corrected chi connectivity index (χ4v) is 1.09. The minimum absolute atomic E-state index is 0.364. The van der Waals surface area contributed by atoms with Crippen LogP contribution in [0.25, 0.3) is 0 Å². The smallest absolute Gasteiger partial charge is 0.284 e. The van der Waals surface area contributed by atoms with Crippen LogP contribution in [0, 0.1) is 11.8 Å². The van der Waals surface area contributed by atoms with Crippen LogP contribution in [0.3, 0.4) is 0 Å². The topological polar surface area (TPSA) is 17.1 Å². The van der Waals surface area contributed by atoms with Gasteiger partial charge in [0.05, 0.1) is 5.75 Å². The van der Waals surface area contributed by atoms with Gasteiger partial charge < -0.3 is 0 Å². The van der Waals surface area contributed by atoms with E-state index in [1.165, 1.54) is 12.1 Å². The first kappa shape index (κ1) is 12.7. The maximum atomic E-state index is 12.1. The summed E-state index contributed by atoms with van der Waals surface area (Å²) in [5.74, 6) is 3.85. The van der Waals surface area contributed by atoms with Crippen molar-refractivity contribution in [3.63, 3.8) is 0 Å². The number of benzene rings is 1. The zero-order valence-electron chi connectivity index (χ0n) is 8.01. The summed E-state index contributed by atoms with van der Waals surface area (Å²) in [7, 11) is 0. The van der Waals surface area contributed by atoms with Crippen molar-refractivity contribution in [1.29, 1.82) is 0 Å². The van der Waals surface area contributed by atoms with Crippen molar-refractivity contribution in [2.45, 2.75) is 6.18 Å². The minimum atomic E-state index is -4.84. The number of thiol groups is 1. The average Bonchev–Trinajstić information content (AvgIpc) is 2.25. The third-order valence-corrected chi connectivity index (χ3v) is 1.87. The standard InChI is InChI=1S/C11H7F3OS/c12-11(13,14)10(15)9-5-3-8(4-6-9)2-1-7-16/h3-6,16H,7H2. The summed E-state index contributed by atoms with van der Waals surface area (Å²) in [4.78, 5) is 10.8. The molecule has 0 amide bonds. The second-order valence-electron chi connectivity index (χ2n) is 2.86. The van der Waals surface area contributed by atoms with Crippen molar-refractivity contribution in [3.8, 4) is 11.8 Å². The molecular weight excluding hydrogens is 237 g/mol. The lowest BCUT2D eigenvalue weighted by Crippen LogP contribution is -2.22. The normalized spacial score (nSPS) is 10.5. The Morgan fingerprint density at radius 2 is 1.81 bits per heavy atom. The van der Waals surface area contributed by atoms with Gasteiger partial charge in [-0.3, -0.25) is 4.79 Å².